The maximum absolute atomic E-state index is 3.97. The summed E-state index contributed by atoms with van der Waals surface area (Å²) < 4.78 is 0. The van der Waals surface area contributed by atoms with Gasteiger partial charge in [0.05, 0.1) is 0 Å². The summed E-state index contributed by atoms with van der Waals surface area (Å²) in [5, 5.41) is 3.97. The molecule has 4 saturated heterocycles. The normalized spacial score (nSPS) is 47.3. The van der Waals surface area contributed by atoms with E-state index in [1.165, 1.54) is 51.9 Å². The van der Waals surface area contributed by atoms with Crippen LogP contribution in [0.1, 0.15) is 32.6 Å². The van der Waals surface area contributed by atoms with Crippen LogP contribution in [0, 0.1) is 5.92 Å². The molecule has 4 aliphatic rings. The molecule has 2 bridgehead atoms. The molecule has 0 spiro atoms. The number of nitrogens with one attached hydrogen (secondary N) is 1. The second-order valence-corrected chi connectivity index (χ2v) is 6.46. The van der Waals surface area contributed by atoms with Crippen molar-refractivity contribution in [2.24, 2.45) is 5.92 Å². The molecule has 0 aromatic heterocycles. The molecule has 98 valence electrons. The van der Waals surface area contributed by atoms with Gasteiger partial charge in [-0.2, -0.15) is 0 Å². The summed E-state index contributed by atoms with van der Waals surface area (Å²) >= 11 is 0. The maximum atomic E-state index is 3.97. The van der Waals surface area contributed by atoms with Crippen molar-refractivity contribution in [3.05, 3.63) is 0 Å². The smallest absolute Gasteiger partial charge is 0.0226 e. The Morgan fingerprint density at radius 1 is 1.06 bits per heavy atom. The van der Waals surface area contributed by atoms with Crippen molar-refractivity contribution in [2.75, 3.05) is 33.2 Å². The first-order valence-corrected chi connectivity index (χ1v) is 7.41. The fourth-order valence-corrected chi connectivity index (χ4v) is 3.90. The van der Waals surface area contributed by atoms with Crippen LogP contribution in [0.5, 0.6) is 0 Å². The van der Waals surface area contributed by atoms with Crippen LogP contribution in [0.25, 0.3) is 0 Å². The molecule has 0 aliphatic carbocycles. The summed E-state index contributed by atoms with van der Waals surface area (Å²) in [6.07, 6.45) is 5.53. The third-order valence-corrected chi connectivity index (χ3v) is 5.31. The molecule has 0 aromatic rings. The standard InChI is InChI=1S/C14H27N3/c1-11-9-13(5-6-16(11)2)15-14-10-17-7-3-12(14)4-8-17/h11-15H,3-10H2,1-2H3. The van der Waals surface area contributed by atoms with E-state index in [1.807, 2.05) is 0 Å². The highest BCUT2D eigenvalue weighted by Crippen LogP contribution is 2.28. The van der Waals surface area contributed by atoms with Gasteiger partial charge in [0.15, 0.2) is 0 Å². The number of fused-ring (bicyclic) bond motifs is 3. The molecular formula is C14H27N3. The molecule has 4 heterocycles. The summed E-state index contributed by atoms with van der Waals surface area (Å²) in [7, 11) is 2.26. The van der Waals surface area contributed by atoms with Gasteiger partial charge < -0.3 is 15.1 Å². The molecule has 17 heavy (non-hydrogen) atoms. The van der Waals surface area contributed by atoms with Gasteiger partial charge in [0, 0.05) is 24.7 Å². The zero-order chi connectivity index (χ0) is 11.8. The lowest BCUT2D eigenvalue weighted by molar-refractivity contribution is 0.0570. The first-order valence-electron chi connectivity index (χ1n) is 7.41. The van der Waals surface area contributed by atoms with Crippen LogP contribution in [-0.2, 0) is 0 Å². The van der Waals surface area contributed by atoms with Gasteiger partial charge in [-0.25, -0.2) is 0 Å². The van der Waals surface area contributed by atoms with Gasteiger partial charge >= 0.3 is 0 Å². The minimum atomic E-state index is 0.752. The number of hydrogen-bond donors (Lipinski definition) is 1. The van der Waals surface area contributed by atoms with Crippen LogP contribution >= 0.6 is 0 Å². The Bertz CT molecular complexity index is 260. The minimum absolute atomic E-state index is 0.752. The predicted molar refractivity (Wildman–Crippen MR) is 71.2 cm³/mol. The second kappa shape index (κ2) is 4.87. The monoisotopic (exact) mass is 237 g/mol. The Labute approximate surface area is 106 Å². The molecule has 3 nitrogen and oxygen atoms in total. The first kappa shape index (κ1) is 11.9. The molecule has 0 aromatic carbocycles. The van der Waals surface area contributed by atoms with Crippen molar-refractivity contribution in [3.8, 4) is 0 Å². The quantitative estimate of drug-likeness (QED) is 0.777. The molecule has 3 unspecified atom stereocenters. The van der Waals surface area contributed by atoms with Crippen LogP contribution in [-0.4, -0.2) is 61.2 Å². The van der Waals surface area contributed by atoms with E-state index in [0.29, 0.717) is 0 Å². The average Bonchev–Trinajstić information content (AvgIpc) is 2.35. The number of rotatable bonds is 2. The first-order chi connectivity index (χ1) is 8.22. The lowest BCUT2D eigenvalue weighted by atomic mass is 9.83. The lowest BCUT2D eigenvalue weighted by Gasteiger charge is -2.47. The summed E-state index contributed by atoms with van der Waals surface area (Å²) in [6, 6.07) is 2.31. The van der Waals surface area contributed by atoms with E-state index in [1.54, 1.807) is 0 Å². The van der Waals surface area contributed by atoms with E-state index in [-0.39, 0.29) is 0 Å². The molecule has 0 saturated carbocycles. The van der Waals surface area contributed by atoms with Crippen molar-refractivity contribution in [3.63, 3.8) is 0 Å². The van der Waals surface area contributed by atoms with Crippen LogP contribution in [0.3, 0.4) is 0 Å². The minimum Gasteiger partial charge on any atom is -0.310 e. The van der Waals surface area contributed by atoms with E-state index >= 15 is 0 Å². The largest absolute Gasteiger partial charge is 0.310 e. The molecule has 1 N–H and O–H groups in total. The number of piperidine rings is 4. The Kier molecular flexibility index (Phi) is 3.42. The Hall–Kier alpha value is -0.120. The van der Waals surface area contributed by atoms with E-state index in [0.717, 1.165) is 24.0 Å². The van der Waals surface area contributed by atoms with Gasteiger partial charge in [-0.05, 0) is 65.2 Å². The molecule has 4 aliphatic heterocycles. The van der Waals surface area contributed by atoms with Crippen LogP contribution < -0.4 is 5.32 Å². The Morgan fingerprint density at radius 2 is 1.82 bits per heavy atom. The highest BCUT2D eigenvalue weighted by Gasteiger charge is 2.35. The highest BCUT2D eigenvalue weighted by molar-refractivity contribution is 4.94. The third-order valence-electron chi connectivity index (χ3n) is 5.31. The third kappa shape index (κ3) is 2.51. The number of likely N-dealkylation sites (tertiary alicyclic amines) is 1. The van der Waals surface area contributed by atoms with Crippen LogP contribution in [0.15, 0.2) is 0 Å². The fourth-order valence-electron chi connectivity index (χ4n) is 3.90. The van der Waals surface area contributed by atoms with E-state index in [4.69, 9.17) is 0 Å². The summed E-state index contributed by atoms with van der Waals surface area (Å²) in [4.78, 5) is 5.14. The van der Waals surface area contributed by atoms with Crippen molar-refractivity contribution in [1.29, 1.82) is 0 Å². The van der Waals surface area contributed by atoms with Crippen molar-refractivity contribution in [1.82, 2.24) is 15.1 Å². The second-order valence-electron chi connectivity index (χ2n) is 6.46. The molecule has 4 fully saturated rings. The molecule has 4 rings (SSSR count). The van der Waals surface area contributed by atoms with E-state index < -0.39 is 0 Å². The number of hydrogen-bond acceptors (Lipinski definition) is 3. The van der Waals surface area contributed by atoms with Crippen molar-refractivity contribution >= 4 is 0 Å². The predicted octanol–water partition coefficient (Wildman–Crippen LogP) is 1.15. The topological polar surface area (TPSA) is 18.5 Å². The van der Waals surface area contributed by atoms with Crippen LogP contribution in [0.2, 0.25) is 0 Å². The number of nitrogens with zero attached hydrogens (tertiary/aromatic N) is 2. The Morgan fingerprint density at radius 3 is 2.41 bits per heavy atom. The van der Waals surface area contributed by atoms with Gasteiger partial charge in [0.1, 0.15) is 0 Å². The summed E-state index contributed by atoms with van der Waals surface area (Å²) in [5.41, 5.74) is 0. The van der Waals surface area contributed by atoms with Crippen molar-refractivity contribution in [2.45, 2.75) is 50.7 Å². The summed E-state index contributed by atoms with van der Waals surface area (Å²) in [5.74, 6) is 0.968. The van der Waals surface area contributed by atoms with Gasteiger partial charge in [-0.1, -0.05) is 0 Å². The molecular weight excluding hydrogens is 210 g/mol. The molecule has 0 radical (unpaired) electrons. The van der Waals surface area contributed by atoms with Gasteiger partial charge in [0.25, 0.3) is 0 Å². The summed E-state index contributed by atoms with van der Waals surface area (Å²) in [6.45, 7) is 7.65. The molecule has 3 heteroatoms. The fraction of sp³-hybridized carbons (Fsp3) is 1.00. The SMILES string of the molecule is CC1CC(NC2CN3CCC2CC3)CCN1C. The van der Waals surface area contributed by atoms with Gasteiger partial charge in [0.2, 0.25) is 0 Å². The zero-order valence-corrected chi connectivity index (χ0v) is 11.4. The highest BCUT2D eigenvalue weighted by atomic mass is 15.2. The molecule has 0 amide bonds. The average molecular weight is 237 g/mol. The van der Waals surface area contributed by atoms with Crippen molar-refractivity contribution < 1.29 is 0 Å². The van der Waals surface area contributed by atoms with Gasteiger partial charge in [-0.3, -0.25) is 0 Å². The molecule has 3 atom stereocenters. The lowest BCUT2D eigenvalue weighted by Crippen LogP contribution is -2.59. The van der Waals surface area contributed by atoms with E-state index in [9.17, 15) is 0 Å². The maximum Gasteiger partial charge on any atom is 0.0226 e. The van der Waals surface area contributed by atoms with Crippen LogP contribution in [0.4, 0.5) is 0 Å². The van der Waals surface area contributed by atoms with E-state index in [2.05, 4.69) is 29.1 Å². The van der Waals surface area contributed by atoms with Gasteiger partial charge in [-0.15, -0.1) is 0 Å². The Balaban J connectivity index is 1.53. The zero-order valence-electron chi connectivity index (χ0n) is 11.4.